The molecule has 2 amide bonds. The maximum Gasteiger partial charge on any atom is 0.250 e. The number of fused-ring (bicyclic) bond motifs is 1. The molecule has 2 aromatic carbocycles. The van der Waals surface area contributed by atoms with Crippen LogP contribution in [0.5, 0.6) is 0 Å². The molecule has 0 spiro atoms. The van der Waals surface area contributed by atoms with E-state index in [2.05, 4.69) is 15.6 Å². The molecule has 1 atom stereocenters. The van der Waals surface area contributed by atoms with Crippen LogP contribution in [0.15, 0.2) is 77.4 Å². The van der Waals surface area contributed by atoms with E-state index in [4.69, 9.17) is 4.42 Å². The van der Waals surface area contributed by atoms with Crippen molar-refractivity contribution in [3.63, 3.8) is 0 Å². The molecule has 1 aliphatic carbocycles. The summed E-state index contributed by atoms with van der Waals surface area (Å²) in [6.07, 6.45) is 6.83. The van der Waals surface area contributed by atoms with Gasteiger partial charge in [-0.25, -0.2) is 4.68 Å². The maximum absolute atomic E-state index is 13.8. The molecular weight excluding hydrogens is 442 g/mol. The lowest BCUT2D eigenvalue weighted by Gasteiger charge is -2.32. The van der Waals surface area contributed by atoms with Gasteiger partial charge in [-0.15, -0.1) is 5.10 Å². The summed E-state index contributed by atoms with van der Waals surface area (Å²) in [5.41, 5.74) is 2.40. The molecule has 0 bridgehead atoms. The quantitative estimate of drug-likeness (QED) is 0.415. The third-order valence-electron chi connectivity index (χ3n) is 6.55. The van der Waals surface area contributed by atoms with Crippen LogP contribution in [0.3, 0.4) is 0 Å². The van der Waals surface area contributed by atoms with Crippen LogP contribution in [-0.4, -0.2) is 37.7 Å². The molecule has 0 aliphatic heterocycles. The lowest BCUT2D eigenvalue weighted by atomic mass is 9.95. The summed E-state index contributed by atoms with van der Waals surface area (Å²) in [4.78, 5) is 29.1. The predicted octanol–water partition coefficient (Wildman–Crippen LogP) is 4.24. The first-order valence-corrected chi connectivity index (χ1v) is 12.1. The van der Waals surface area contributed by atoms with Gasteiger partial charge in [0.15, 0.2) is 6.04 Å². The first kappa shape index (κ1) is 22.8. The SMILES string of the molecule is O=C(NC1CCCCC1)[C@@H](c1ccco1)N(Cc1ccccc1)C(=O)Cn1nnc2ccccc21. The van der Waals surface area contributed by atoms with E-state index in [1.54, 1.807) is 21.7 Å². The van der Waals surface area contributed by atoms with E-state index >= 15 is 0 Å². The van der Waals surface area contributed by atoms with Gasteiger partial charge >= 0.3 is 0 Å². The third kappa shape index (κ3) is 5.26. The molecule has 180 valence electrons. The van der Waals surface area contributed by atoms with Crippen molar-refractivity contribution in [3.05, 3.63) is 84.3 Å². The van der Waals surface area contributed by atoms with Crippen molar-refractivity contribution in [3.8, 4) is 0 Å². The van der Waals surface area contributed by atoms with Gasteiger partial charge in [-0.1, -0.05) is 66.9 Å². The second kappa shape index (κ2) is 10.5. The smallest absolute Gasteiger partial charge is 0.250 e. The highest BCUT2D eigenvalue weighted by Gasteiger charge is 2.35. The summed E-state index contributed by atoms with van der Waals surface area (Å²) < 4.78 is 7.27. The van der Waals surface area contributed by atoms with E-state index < -0.39 is 6.04 Å². The second-order valence-corrected chi connectivity index (χ2v) is 9.00. The average Bonchev–Trinajstić information content (AvgIpc) is 3.56. The number of nitrogens with zero attached hydrogens (tertiary/aromatic N) is 4. The van der Waals surface area contributed by atoms with Crippen molar-refractivity contribution in [1.29, 1.82) is 0 Å². The zero-order chi connectivity index (χ0) is 24.0. The van der Waals surface area contributed by atoms with E-state index in [0.29, 0.717) is 11.3 Å². The molecule has 5 rings (SSSR count). The van der Waals surface area contributed by atoms with Crippen LogP contribution in [0.4, 0.5) is 0 Å². The van der Waals surface area contributed by atoms with Crippen LogP contribution in [0, 0.1) is 0 Å². The first-order valence-electron chi connectivity index (χ1n) is 12.1. The fourth-order valence-corrected chi connectivity index (χ4v) is 4.75. The number of benzene rings is 2. The Morgan fingerprint density at radius 2 is 1.77 bits per heavy atom. The standard InChI is InChI=1S/C27H29N5O3/c33-25(19-32-23-15-8-7-14-22(23)29-30-32)31(18-20-10-3-1-4-11-20)26(24-16-9-17-35-24)27(34)28-21-12-5-2-6-13-21/h1,3-4,7-11,14-17,21,26H,2,5-6,12-13,18-19H2,(H,28,34)/t26-/m1/s1. The van der Waals surface area contributed by atoms with Crippen LogP contribution in [-0.2, 0) is 22.7 Å². The van der Waals surface area contributed by atoms with Crippen molar-refractivity contribution in [2.24, 2.45) is 0 Å². The minimum Gasteiger partial charge on any atom is -0.467 e. The lowest BCUT2D eigenvalue weighted by Crippen LogP contribution is -2.47. The number of amides is 2. The molecule has 2 heterocycles. The van der Waals surface area contributed by atoms with Gasteiger partial charge in [0, 0.05) is 12.6 Å². The van der Waals surface area contributed by atoms with Crippen LogP contribution in [0.1, 0.15) is 49.5 Å². The largest absolute Gasteiger partial charge is 0.467 e. The monoisotopic (exact) mass is 471 g/mol. The molecule has 4 aromatic rings. The van der Waals surface area contributed by atoms with Gasteiger partial charge in [0.1, 0.15) is 17.8 Å². The van der Waals surface area contributed by atoms with Crippen LogP contribution in [0.25, 0.3) is 11.0 Å². The summed E-state index contributed by atoms with van der Waals surface area (Å²) in [6.45, 7) is 0.219. The van der Waals surface area contributed by atoms with Crippen molar-refractivity contribution < 1.29 is 14.0 Å². The summed E-state index contributed by atoms with van der Waals surface area (Å²) in [6, 6.07) is 19.9. The Kier molecular flexibility index (Phi) is 6.88. The fraction of sp³-hybridized carbons (Fsp3) is 0.333. The van der Waals surface area contributed by atoms with Gasteiger partial charge in [-0.3, -0.25) is 9.59 Å². The highest BCUT2D eigenvalue weighted by molar-refractivity contribution is 5.89. The minimum absolute atomic E-state index is 0.0404. The molecule has 1 N–H and O–H groups in total. The Labute approximate surface area is 203 Å². The lowest BCUT2D eigenvalue weighted by molar-refractivity contribution is -0.143. The molecule has 8 nitrogen and oxygen atoms in total. The number of hydrogen-bond acceptors (Lipinski definition) is 5. The van der Waals surface area contributed by atoms with Gasteiger partial charge in [0.25, 0.3) is 5.91 Å². The number of furan rings is 1. The highest BCUT2D eigenvalue weighted by Crippen LogP contribution is 2.27. The van der Waals surface area contributed by atoms with Gasteiger partial charge in [-0.05, 0) is 42.7 Å². The van der Waals surface area contributed by atoms with Gasteiger partial charge in [0.2, 0.25) is 5.91 Å². The zero-order valence-corrected chi connectivity index (χ0v) is 19.5. The Hall–Kier alpha value is -3.94. The Bertz CT molecular complexity index is 1260. The first-order chi connectivity index (χ1) is 17.2. The fourth-order valence-electron chi connectivity index (χ4n) is 4.75. The highest BCUT2D eigenvalue weighted by atomic mass is 16.3. The van der Waals surface area contributed by atoms with Gasteiger partial charge < -0.3 is 14.6 Å². The van der Waals surface area contributed by atoms with Crippen LogP contribution < -0.4 is 5.32 Å². The van der Waals surface area contributed by atoms with E-state index in [9.17, 15) is 9.59 Å². The van der Waals surface area contributed by atoms with Gasteiger partial charge in [-0.2, -0.15) is 0 Å². The molecule has 1 fully saturated rings. The summed E-state index contributed by atoms with van der Waals surface area (Å²) in [7, 11) is 0. The zero-order valence-electron chi connectivity index (χ0n) is 19.5. The van der Waals surface area contributed by atoms with Crippen molar-refractivity contribution in [2.45, 2.75) is 57.3 Å². The number of carbonyl (C=O) groups excluding carboxylic acids is 2. The third-order valence-corrected chi connectivity index (χ3v) is 6.55. The molecule has 8 heteroatoms. The van der Waals surface area contributed by atoms with E-state index in [1.807, 2.05) is 54.6 Å². The topological polar surface area (TPSA) is 93.3 Å². The predicted molar refractivity (Wildman–Crippen MR) is 131 cm³/mol. The van der Waals surface area contributed by atoms with Crippen LogP contribution >= 0.6 is 0 Å². The number of carbonyl (C=O) groups is 2. The summed E-state index contributed by atoms with van der Waals surface area (Å²) >= 11 is 0. The number of rotatable bonds is 8. The number of para-hydroxylation sites is 1. The molecule has 2 aromatic heterocycles. The molecule has 0 saturated heterocycles. The molecule has 0 radical (unpaired) electrons. The van der Waals surface area contributed by atoms with E-state index in [-0.39, 0.29) is 30.9 Å². The van der Waals surface area contributed by atoms with E-state index in [1.165, 1.54) is 12.7 Å². The Morgan fingerprint density at radius 3 is 2.54 bits per heavy atom. The van der Waals surface area contributed by atoms with Crippen molar-refractivity contribution in [2.75, 3.05) is 0 Å². The van der Waals surface area contributed by atoms with E-state index in [0.717, 1.165) is 36.8 Å². The number of nitrogens with one attached hydrogen (secondary N) is 1. The molecular formula is C27H29N5O3. The number of aromatic nitrogens is 3. The van der Waals surface area contributed by atoms with Crippen molar-refractivity contribution in [1.82, 2.24) is 25.2 Å². The van der Waals surface area contributed by atoms with Crippen molar-refractivity contribution >= 4 is 22.8 Å². The van der Waals surface area contributed by atoms with Gasteiger partial charge in [0.05, 0.1) is 11.8 Å². The average molecular weight is 472 g/mol. The summed E-state index contributed by atoms with van der Waals surface area (Å²) in [5.74, 6) is -0.0321. The number of hydrogen-bond donors (Lipinski definition) is 1. The Morgan fingerprint density at radius 1 is 1.00 bits per heavy atom. The molecule has 35 heavy (non-hydrogen) atoms. The second-order valence-electron chi connectivity index (χ2n) is 9.00. The Balaban J connectivity index is 1.47. The normalized spacial score (nSPS) is 15.1. The molecule has 1 aliphatic rings. The minimum atomic E-state index is -0.894. The maximum atomic E-state index is 13.8. The summed E-state index contributed by atoms with van der Waals surface area (Å²) in [5, 5.41) is 11.5. The molecule has 0 unspecified atom stereocenters. The van der Waals surface area contributed by atoms with Crippen LogP contribution in [0.2, 0.25) is 0 Å². The molecule has 1 saturated carbocycles.